The molecular formula is C18H24O4Si. The fourth-order valence-electron chi connectivity index (χ4n) is 2.28. The maximum absolute atomic E-state index is 6.29. The zero-order valence-electron chi connectivity index (χ0n) is 14.2. The Hall–Kier alpha value is -2.14. The fourth-order valence-corrected chi connectivity index (χ4v) is 4.53. The Balaban J connectivity index is 2.16. The molecule has 0 aliphatic heterocycles. The lowest BCUT2D eigenvalue weighted by molar-refractivity contribution is 0.378. The molecule has 5 heteroatoms. The molecule has 0 spiro atoms. The van der Waals surface area contributed by atoms with Gasteiger partial charge in [-0.05, 0) is 48.5 Å². The average Bonchev–Trinajstić information content (AvgIpc) is 2.62. The third-order valence-corrected chi connectivity index (χ3v) is 7.17. The van der Waals surface area contributed by atoms with Gasteiger partial charge in [0.05, 0.1) is 14.2 Å². The van der Waals surface area contributed by atoms with Crippen LogP contribution in [0.1, 0.15) is 13.8 Å². The van der Waals surface area contributed by atoms with Gasteiger partial charge in [0.1, 0.15) is 23.0 Å². The Morgan fingerprint density at radius 2 is 0.913 bits per heavy atom. The molecule has 0 atom stereocenters. The molecule has 0 bridgehead atoms. The minimum absolute atomic E-state index is 0.814. The third kappa shape index (κ3) is 4.42. The van der Waals surface area contributed by atoms with Crippen molar-refractivity contribution < 1.29 is 18.3 Å². The van der Waals surface area contributed by atoms with Crippen molar-refractivity contribution in [2.24, 2.45) is 0 Å². The summed E-state index contributed by atoms with van der Waals surface area (Å²) in [4.78, 5) is 0. The molecular weight excluding hydrogens is 308 g/mol. The predicted molar refractivity (Wildman–Crippen MR) is 94.0 cm³/mol. The van der Waals surface area contributed by atoms with Crippen molar-refractivity contribution in [2.45, 2.75) is 25.9 Å². The van der Waals surface area contributed by atoms with Crippen LogP contribution in [0.4, 0.5) is 0 Å². The summed E-state index contributed by atoms with van der Waals surface area (Å²) in [6.07, 6.45) is 0. The second-order valence-corrected chi connectivity index (χ2v) is 8.82. The molecule has 2 aromatic rings. The van der Waals surface area contributed by atoms with E-state index in [1.54, 1.807) is 14.2 Å². The van der Waals surface area contributed by atoms with Crippen LogP contribution >= 0.6 is 0 Å². The van der Waals surface area contributed by atoms with Gasteiger partial charge in [0.25, 0.3) is 0 Å². The maximum atomic E-state index is 6.29. The van der Waals surface area contributed by atoms with Gasteiger partial charge in [0.2, 0.25) is 0 Å². The summed E-state index contributed by atoms with van der Waals surface area (Å²) in [6.45, 7) is 4.23. The molecule has 0 N–H and O–H groups in total. The largest absolute Gasteiger partial charge is 0.512 e. The first-order valence-corrected chi connectivity index (χ1v) is 10.0. The first kappa shape index (κ1) is 17.2. The molecule has 0 heterocycles. The van der Waals surface area contributed by atoms with Crippen LogP contribution in [0, 0.1) is 0 Å². The van der Waals surface area contributed by atoms with Gasteiger partial charge in [-0.25, -0.2) is 0 Å². The first-order chi connectivity index (χ1) is 11.1. The summed E-state index contributed by atoms with van der Waals surface area (Å²) in [5, 5.41) is 0. The van der Waals surface area contributed by atoms with Crippen LogP contribution < -0.4 is 18.3 Å². The van der Waals surface area contributed by atoms with Gasteiger partial charge < -0.3 is 18.3 Å². The highest BCUT2D eigenvalue weighted by molar-refractivity contribution is 6.68. The van der Waals surface area contributed by atoms with E-state index in [1.807, 2.05) is 48.5 Å². The monoisotopic (exact) mass is 332 g/mol. The van der Waals surface area contributed by atoms with E-state index in [2.05, 4.69) is 13.8 Å². The summed E-state index contributed by atoms with van der Waals surface area (Å²) in [5.41, 5.74) is 0. The third-order valence-electron chi connectivity index (χ3n) is 3.80. The summed E-state index contributed by atoms with van der Waals surface area (Å²) >= 11 is 0. The zero-order valence-corrected chi connectivity index (χ0v) is 15.2. The van der Waals surface area contributed by atoms with E-state index >= 15 is 0 Å². The Bertz CT molecular complexity index is 540. The molecule has 0 aromatic heterocycles. The van der Waals surface area contributed by atoms with E-state index in [4.69, 9.17) is 18.3 Å². The quantitative estimate of drug-likeness (QED) is 0.660. The molecule has 0 fully saturated rings. The topological polar surface area (TPSA) is 36.9 Å². The van der Waals surface area contributed by atoms with E-state index in [0.29, 0.717) is 0 Å². The lowest BCUT2D eigenvalue weighted by atomic mass is 10.3. The van der Waals surface area contributed by atoms with Gasteiger partial charge in [-0.1, -0.05) is 13.8 Å². The summed E-state index contributed by atoms with van der Waals surface area (Å²) in [7, 11) is 0.943. The van der Waals surface area contributed by atoms with Crippen molar-refractivity contribution in [3.8, 4) is 23.0 Å². The molecule has 0 saturated heterocycles. The van der Waals surface area contributed by atoms with E-state index in [9.17, 15) is 0 Å². The number of hydrogen-bond acceptors (Lipinski definition) is 4. The van der Waals surface area contributed by atoms with Crippen LogP contribution in [-0.4, -0.2) is 22.8 Å². The van der Waals surface area contributed by atoms with Crippen LogP contribution in [0.2, 0.25) is 12.1 Å². The van der Waals surface area contributed by atoms with Gasteiger partial charge in [-0.2, -0.15) is 0 Å². The van der Waals surface area contributed by atoms with E-state index in [1.165, 1.54) is 0 Å². The normalized spacial score (nSPS) is 11.0. The summed E-state index contributed by atoms with van der Waals surface area (Å²) in [5.74, 6) is 3.26. The van der Waals surface area contributed by atoms with Crippen LogP contribution in [0.5, 0.6) is 23.0 Å². The molecule has 23 heavy (non-hydrogen) atoms. The van der Waals surface area contributed by atoms with Crippen LogP contribution in [0.15, 0.2) is 48.5 Å². The van der Waals surface area contributed by atoms with Crippen LogP contribution in [0.3, 0.4) is 0 Å². The van der Waals surface area contributed by atoms with Gasteiger partial charge >= 0.3 is 8.56 Å². The number of benzene rings is 2. The summed E-state index contributed by atoms with van der Waals surface area (Å²) < 4.78 is 22.9. The van der Waals surface area contributed by atoms with Crippen molar-refractivity contribution in [3.05, 3.63) is 48.5 Å². The Kier molecular flexibility index (Phi) is 5.93. The molecule has 4 nitrogen and oxygen atoms in total. The minimum Gasteiger partial charge on any atom is -0.512 e. The van der Waals surface area contributed by atoms with Crippen LogP contribution in [0.25, 0.3) is 0 Å². The first-order valence-electron chi connectivity index (χ1n) is 7.81. The summed E-state index contributed by atoms with van der Waals surface area (Å²) in [6, 6.07) is 17.0. The molecule has 2 aromatic carbocycles. The Morgan fingerprint density at radius 1 is 0.609 bits per heavy atom. The van der Waals surface area contributed by atoms with E-state index in [0.717, 1.165) is 35.1 Å². The number of ether oxygens (including phenoxy) is 2. The van der Waals surface area contributed by atoms with Crippen molar-refractivity contribution in [3.63, 3.8) is 0 Å². The van der Waals surface area contributed by atoms with Crippen molar-refractivity contribution in [1.82, 2.24) is 0 Å². The molecule has 2 rings (SSSR count). The number of rotatable bonds is 8. The van der Waals surface area contributed by atoms with E-state index < -0.39 is 8.56 Å². The number of methoxy groups -OCH3 is 2. The van der Waals surface area contributed by atoms with Gasteiger partial charge in [-0.3, -0.25) is 0 Å². The Morgan fingerprint density at radius 3 is 1.17 bits per heavy atom. The minimum atomic E-state index is -2.36. The van der Waals surface area contributed by atoms with Crippen LogP contribution in [-0.2, 0) is 0 Å². The molecule has 124 valence electrons. The van der Waals surface area contributed by atoms with E-state index in [-0.39, 0.29) is 0 Å². The van der Waals surface area contributed by atoms with Crippen molar-refractivity contribution in [2.75, 3.05) is 14.2 Å². The second kappa shape index (κ2) is 7.92. The van der Waals surface area contributed by atoms with Crippen molar-refractivity contribution >= 4 is 8.56 Å². The molecule has 0 saturated carbocycles. The highest BCUT2D eigenvalue weighted by Crippen LogP contribution is 2.28. The lowest BCUT2D eigenvalue weighted by Crippen LogP contribution is -2.47. The molecule has 0 radical (unpaired) electrons. The molecule has 0 aliphatic carbocycles. The standard InChI is InChI=1S/C18H24O4Si/c1-5-23(6-2,21-17-11-7-15(19-3)8-12-17)22-18-13-9-16(20-4)10-14-18/h7-14H,5-6H2,1-4H3. The second-order valence-electron chi connectivity index (χ2n) is 5.17. The van der Waals surface area contributed by atoms with Gasteiger partial charge in [0.15, 0.2) is 0 Å². The fraction of sp³-hybridized carbons (Fsp3) is 0.333. The lowest BCUT2D eigenvalue weighted by Gasteiger charge is -2.30. The molecule has 0 aliphatic rings. The van der Waals surface area contributed by atoms with Gasteiger partial charge in [-0.15, -0.1) is 0 Å². The Labute approximate surface area is 139 Å². The maximum Gasteiger partial charge on any atom is 0.459 e. The predicted octanol–water partition coefficient (Wildman–Crippen LogP) is 4.64. The molecule has 0 amide bonds. The SMILES string of the molecule is CC[Si](CC)(Oc1ccc(OC)cc1)Oc1ccc(OC)cc1. The highest BCUT2D eigenvalue weighted by Gasteiger charge is 2.38. The zero-order chi connectivity index (χ0) is 16.7. The van der Waals surface area contributed by atoms with Crippen molar-refractivity contribution in [1.29, 1.82) is 0 Å². The number of hydrogen-bond donors (Lipinski definition) is 0. The molecule has 0 unspecified atom stereocenters. The highest BCUT2D eigenvalue weighted by atomic mass is 28.4. The van der Waals surface area contributed by atoms with Gasteiger partial charge in [0, 0.05) is 12.1 Å². The average molecular weight is 332 g/mol. The smallest absolute Gasteiger partial charge is 0.459 e.